The largest absolute Gasteiger partial charge is 0.243 e. The summed E-state index contributed by atoms with van der Waals surface area (Å²) >= 11 is 0. The van der Waals surface area contributed by atoms with Gasteiger partial charge in [0.2, 0.25) is 10.0 Å². The average Bonchev–Trinajstić information content (AvgIpc) is 3.02. The predicted molar refractivity (Wildman–Crippen MR) is 77.4 cm³/mol. The molecule has 0 spiro atoms. The molecule has 1 saturated heterocycles. The van der Waals surface area contributed by atoms with Gasteiger partial charge >= 0.3 is 0 Å². The molecule has 3 atom stereocenters. The van der Waals surface area contributed by atoms with E-state index in [1.165, 1.54) is 0 Å². The number of hydrogen-bond acceptors (Lipinski definition) is 2. The lowest BCUT2D eigenvalue weighted by molar-refractivity contribution is 0.515. The molecule has 0 radical (unpaired) electrons. The van der Waals surface area contributed by atoms with Crippen molar-refractivity contribution in [1.29, 1.82) is 0 Å². The lowest BCUT2D eigenvalue weighted by Gasteiger charge is -2.08. The predicted octanol–water partition coefficient (Wildman–Crippen LogP) is 2.97. The highest BCUT2D eigenvalue weighted by Crippen LogP contribution is 2.39. The van der Waals surface area contributed by atoms with Crippen molar-refractivity contribution < 1.29 is 8.42 Å². The second-order valence-electron chi connectivity index (χ2n) is 5.57. The zero-order valence-corrected chi connectivity index (χ0v) is 12.5. The highest BCUT2D eigenvalue weighted by molar-refractivity contribution is 7.89. The van der Waals surface area contributed by atoms with Gasteiger partial charge in [-0.1, -0.05) is 37.6 Å². The smallest absolute Gasteiger partial charge is 0.207 e. The van der Waals surface area contributed by atoms with Gasteiger partial charge in [-0.05, 0) is 31.4 Å². The summed E-state index contributed by atoms with van der Waals surface area (Å²) in [5.74, 6) is 0.477. The summed E-state index contributed by atoms with van der Waals surface area (Å²) in [6, 6.07) is 7.04. The van der Waals surface area contributed by atoms with Crippen molar-refractivity contribution in [2.24, 2.45) is 5.92 Å². The second kappa shape index (κ2) is 5.10. The van der Waals surface area contributed by atoms with Gasteiger partial charge in [0.1, 0.15) is 0 Å². The molecular weight excluding hydrogens is 258 g/mol. The van der Waals surface area contributed by atoms with E-state index in [9.17, 15) is 8.42 Å². The van der Waals surface area contributed by atoms with Gasteiger partial charge in [0.15, 0.2) is 0 Å². The van der Waals surface area contributed by atoms with Gasteiger partial charge in [0.05, 0.1) is 10.9 Å². The quantitative estimate of drug-likeness (QED) is 0.614. The van der Waals surface area contributed by atoms with Gasteiger partial charge in [-0.15, -0.1) is 6.58 Å². The lowest BCUT2D eigenvalue weighted by atomic mass is 10.1. The molecule has 1 heterocycles. The fourth-order valence-corrected chi connectivity index (χ4v) is 4.22. The fourth-order valence-electron chi connectivity index (χ4n) is 2.43. The number of nitrogens with zero attached hydrogens (tertiary/aromatic N) is 1. The van der Waals surface area contributed by atoms with Crippen molar-refractivity contribution in [3.8, 4) is 0 Å². The van der Waals surface area contributed by atoms with E-state index in [1.54, 1.807) is 22.5 Å². The van der Waals surface area contributed by atoms with Crippen molar-refractivity contribution in [3.05, 3.63) is 42.5 Å². The zero-order valence-electron chi connectivity index (χ0n) is 11.7. The molecule has 1 aliphatic rings. The highest BCUT2D eigenvalue weighted by Gasteiger charge is 2.53. The van der Waals surface area contributed by atoms with Crippen LogP contribution in [0.2, 0.25) is 0 Å². The normalized spacial score (nSPS) is 26.4. The first-order chi connectivity index (χ1) is 8.87. The molecule has 3 nitrogen and oxygen atoms in total. The van der Waals surface area contributed by atoms with Crippen LogP contribution >= 0.6 is 0 Å². The highest BCUT2D eigenvalue weighted by atomic mass is 32.2. The molecule has 0 aromatic heterocycles. The van der Waals surface area contributed by atoms with Gasteiger partial charge in [-0.3, -0.25) is 0 Å². The van der Waals surface area contributed by atoms with E-state index < -0.39 is 10.0 Å². The minimum atomic E-state index is -3.38. The van der Waals surface area contributed by atoms with Crippen LogP contribution in [0.4, 0.5) is 0 Å². The van der Waals surface area contributed by atoms with Crippen LogP contribution in [0.5, 0.6) is 0 Å². The molecule has 104 valence electrons. The Bertz CT molecular complexity index is 560. The van der Waals surface area contributed by atoms with E-state index in [-0.39, 0.29) is 12.1 Å². The molecule has 0 aliphatic carbocycles. The Balaban J connectivity index is 2.25. The minimum absolute atomic E-state index is 0.0475. The Morgan fingerprint density at radius 1 is 1.32 bits per heavy atom. The average molecular weight is 279 g/mol. The Morgan fingerprint density at radius 2 is 1.89 bits per heavy atom. The summed E-state index contributed by atoms with van der Waals surface area (Å²) < 4.78 is 26.7. The lowest BCUT2D eigenvalue weighted by Crippen LogP contribution is -2.16. The maximum Gasteiger partial charge on any atom is 0.243 e. The second-order valence-corrected chi connectivity index (χ2v) is 7.41. The van der Waals surface area contributed by atoms with Gasteiger partial charge in [0.25, 0.3) is 0 Å². The van der Waals surface area contributed by atoms with E-state index in [4.69, 9.17) is 0 Å². The molecule has 1 fully saturated rings. The number of hydrogen-bond donors (Lipinski definition) is 0. The Morgan fingerprint density at radius 3 is 2.37 bits per heavy atom. The molecule has 4 heteroatoms. The molecule has 0 amide bonds. The number of sulfonamides is 1. The third-order valence-electron chi connectivity index (χ3n) is 3.48. The number of aryl methyl sites for hydroxylation is 1. The maximum absolute atomic E-state index is 12.5. The molecule has 0 N–H and O–H groups in total. The first kappa shape index (κ1) is 14.3. The first-order valence-corrected chi connectivity index (χ1v) is 8.04. The topological polar surface area (TPSA) is 37.1 Å². The van der Waals surface area contributed by atoms with Crippen molar-refractivity contribution in [1.82, 2.24) is 4.31 Å². The van der Waals surface area contributed by atoms with Crippen LogP contribution in [0, 0.1) is 12.8 Å². The van der Waals surface area contributed by atoms with Crippen LogP contribution in [0.25, 0.3) is 0 Å². The van der Waals surface area contributed by atoms with E-state index in [1.807, 2.05) is 19.1 Å². The third kappa shape index (κ3) is 2.74. The number of benzene rings is 1. The van der Waals surface area contributed by atoms with Crippen molar-refractivity contribution in [2.45, 2.75) is 44.2 Å². The van der Waals surface area contributed by atoms with Crippen LogP contribution < -0.4 is 0 Å². The molecule has 19 heavy (non-hydrogen) atoms. The number of rotatable bonds is 5. The summed E-state index contributed by atoms with van der Waals surface area (Å²) in [4.78, 5) is 0.371. The van der Waals surface area contributed by atoms with E-state index >= 15 is 0 Å². The van der Waals surface area contributed by atoms with Crippen molar-refractivity contribution >= 4 is 10.0 Å². The monoisotopic (exact) mass is 279 g/mol. The van der Waals surface area contributed by atoms with Gasteiger partial charge < -0.3 is 0 Å². The standard InChI is InChI=1S/C15H21NO2S/c1-5-14-15(10-11(2)3)16(14)19(17,18)13-8-6-12(4)7-9-13/h5-9,11,14-15H,1,10H2,2-4H3/t14-,15+,16?/m1/s1. The SMILES string of the molecule is C=C[C@@H]1[C@H](CC(C)C)N1S(=O)(=O)c1ccc(C)cc1. The zero-order chi connectivity index (χ0) is 14.2. The molecule has 2 rings (SSSR count). The van der Waals surface area contributed by atoms with Crippen LogP contribution in [0.1, 0.15) is 25.8 Å². The summed E-state index contributed by atoms with van der Waals surface area (Å²) in [5, 5.41) is 0. The van der Waals surface area contributed by atoms with Crippen molar-refractivity contribution in [2.75, 3.05) is 0 Å². The van der Waals surface area contributed by atoms with Crippen LogP contribution in [-0.4, -0.2) is 24.8 Å². The third-order valence-corrected chi connectivity index (χ3v) is 5.41. The summed E-state index contributed by atoms with van der Waals surface area (Å²) in [6.07, 6.45) is 2.61. The van der Waals surface area contributed by atoms with E-state index in [0.717, 1.165) is 12.0 Å². The van der Waals surface area contributed by atoms with E-state index in [2.05, 4.69) is 20.4 Å². The van der Waals surface area contributed by atoms with Crippen LogP contribution in [-0.2, 0) is 10.0 Å². The molecule has 1 aliphatic heterocycles. The molecule has 1 unspecified atom stereocenters. The van der Waals surface area contributed by atoms with Crippen molar-refractivity contribution in [3.63, 3.8) is 0 Å². The summed E-state index contributed by atoms with van der Waals surface area (Å²) in [6.45, 7) is 9.90. The summed E-state index contributed by atoms with van der Waals surface area (Å²) in [7, 11) is -3.38. The molecule has 0 bridgehead atoms. The molecule has 0 saturated carbocycles. The molecule has 1 aromatic rings. The Kier molecular flexibility index (Phi) is 3.83. The fraction of sp³-hybridized carbons (Fsp3) is 0.467. The minimum Gasteiger partial charge on any atom is -0.207 e. The van der Waals surface area contributed by atoms with Crippen LogP contribution in [0.3, 0.4) is 0 Å². The first-order valence-electron chi connectivity index (χ1n) is 6.60. The maximum atomic E-state index is 12.5. The molecular formula is C15H21NO2S. The molecule has 1 aromatic carbocycles. The van der Waals surface area contributed by atoms with Crippen LogP contribution in [0.15, 0.2) is 41.8 Å². The summed E-state index contributed by atoms with van der Waals surface area (Å²) in [5.41, 5.74) is 1.06. The van der Waals surface area contributed by atoms with E-state index in [0.29, 0.717) is 10.8 Å². The van der Waals surface area contributed by atoms with Gasteiger partial charge in [-0.25, -0.2) is 8.42 Å². The van der Waals surface area contributed by atoms with Gasteiger partial charge in [0, 0.05) is 6.04 Å². The Labute approximate surface area is 116 Å². The van der Waals surface area contributed by atoms with Gasteiger partial charge in [-0.2, -0.15) is 4.31 Å². The Hall–Kier alpha value is -1.13.